The van der Waals surface area contributed by atoms with Gasteiger partial charge in [-0.05, 0) is 54.5 Å². The van der Waals surface area contributed by atoms with Crippen LogP contribution in [0.4, 0.5) is 0 Å². The molecule has 1 aromatic rings. The maximum Gasteiger partial charge on any atom is 0.498 e. The monoisotopic (exact) mass is 292 g/mol. The van der Waals surface area contributed by atoms with Gasteiger partial charge in [-0.1, -0.05) is 6.07 Å². The zero-order valence-electron chi connectivity index (χ0n) is 14.0. The summed E-state index contributed by atoms with van der Waals surface area (Å²) in [6.45, 7) is 13.9. The summed E-state index contributed by atoms with van der Waals surface area (Å²) in [4.78, 5) is 0. The van der Waals surface area contributed by atoms with Crippen LogP contribution in [0.5, 0.6) is 11.5 Å². The number of benzene rings is 1. The van der Waals surface area contributed by atoms with E-state index in [4.69, 9.17) is 14.0 Å². The van der Waals surface area contributed by atoms with Gasteiger partial charge >= 0.3 is 7.12 Å². The minimum Gasteiger partial charge on any atom is -0.508 e. The van der Waals surface area contributed by atoms with Gasteiger partial charge in [0.25, 0.3) is 0 Å². The van der Waals surface area contributed by atoms with Gasteiger partial charge in [0.05, 0.1) is 11.2 Å². The molecular formula is C16H25BO4. The molecule has 0 saturated carbocycles. The van der Waals surface area contributed by atoms with Crippen LogP contribution in [0.15, 0.2) is 18.2 Å². The molecule has 0 spiro atoms. The molecule has 0 unspecified atom stereocenters. The lowest BCUT2D eigenvalue weighted by molar-refractivity contribution is 0.00578. The van der Waals surface area contributed by atoms with Crippen molar-refractivity contribution in [2.24, 2.45) is 0 Å². The average Bonchev–Trinajstić information content (AvgIpc) is 2.45. The molecular weight excluding hydrogens is 267 g/mol. The van der Waals surface area contributed by atoms with E-state index in [1.54, 1.807) is 18.2 Å². The molecule has 0 aromatic heterocycles. The van der Waals surface area contributed by atoms with Crippen LogP contribution >= 0.6 is 0 Å². The van der Waals surface area contributed by atoms with Gasteiger partial charge in [0.2, 0.25) is 0 Å². The molecule has 1 aromatic carbocycles. The molecule has 4 nitrogen and oxygen atoms in total. The van der Waals surface area contributed by atoms with Gasteiger partial charge < -0.3 is 19.2 Å². The summed E-state index contributed by atoms with van der Waals surface area (Å²) in [7, 11) is -0.507. The van der Waals surface area contributed by atoms with Gasteiger partial charge in [0.1, 0.15) is 17.1 Å². The number of hydrogen-bond donors (Lipinski definition) is 1. The Balaban J connectivity index is 2.37. The fourth-order valence-corrected chi connectivity index (χ4v) is 2.11. The highest BCUT2D eigenvalue weighted by molar-refractivity contribution is 6.63. The first-order valence-electron chi connectivity index (χ1n) is 7.29. The van der Waals surface area contributed by atoms with E-state index in [1.807, 2.05) is 48.5 Å². The van der Waals surface area contributed by atoms with E-state index >= 15 is 0 Å². The lowest BCUT2D eigenvalue weighted by atomic mass is 9.78. The number of aromatic hydroxyl groups is 1. The van der Waals surface area contributed by atoms with E-state index in [1.165, 1.54) is 0 Å². The zero-order valence-corrected chi connectivity index (χ0v) is 14.0. The molecule has 0 amide bonds. The van der Waals surface area contributed by atoms with Crippen LogP contribution in [0.3, 0.4) is 0 Å². The Morgan fingerprint density at radius 2 is 1.57 bits per heavy atom. The molecule has 1 fully saturated rings. The van der Waals surface area contributed by atoms with Crippen molar-refractivity contribution in [3.8, 4) is 11.5 Å². The summed E-state index contributed by atoms with van der Waals surface area (Å²) in [5.41, 5.74) is -0.392. The summed E-state index contributed by atoms with van der Waals surface area (Å²) >= 11 is 0. The standard InChI is InChI=1S/C16H25BO4/c1-14(2,3)19-13-10-11(18)8-9-12(13)17-20-15(4,5)16(6,7)21-17/h8-10,18H,1-7H3. The van der Waals surface area contributed by atoms with Crippen molar-refractivity contribution in [2.45, 2.75) is 65.3 Å². The summed E-state index contributed by atoms with van der Waals surface area (Å²) in [5, 5.41) is 9.72. The van der Waals surface area contributed by atoms with Crippen molar-refractivity contribution in [1.82, 2.24) is 0 Å². The summed E-state index contributed by atoms with van der Waals surface area (Å²) in [6, 6.07) is 5.01. The maximum absolute atomic E-state index is 9.72. The largest absolute Gasteiger partial charge is 0.508 e. The van der Waals surface area contributed by atoms with Crippen molar-refractivity contribution in [1.29, 1.82) is 0 Å². The molecule has 116 valence electrons. The predicted octanol–water partition coefficient (Wildman–Crippen LogP) is 2.87. The molecule has 0 aliphatic carbocycles. The Morgan fingerprint density at radius 1 is 1.05 bits per heavy atom. The molecule has 1 heterocycles. The molecule has 2 rings (SSSR count). The summed E-state index contributed by atoms with van der Waals surface area (Å²) in [6.07, 6.45) is 0. The van der Waals surface area contributed by atoms with E-state index < -0.39 is 18.3 Å². The van der Waals surface area contributed by atoms with Crippen molar-refractivity contribution in [3.63, 3.8) is 0 Å². The van der Waals surface area contributed by atoms with Crippen LogP contribution in [0.25, 0.3) is 0 Å². The van der Waals surface area contributed by atoms with Crippen LogP contribution in [-0.2, 0) is 9.31 Å². The number of hydrogen-bond acceptors (Lipinski definition) is 4. The number of phenolic OH excluding ortho intramolecular Hbond substituents is 1. The molecule has 0 radical (unpaired) electrons. The second-order valence-corrected chi connectivity index (χ2v) is 7.52. The van der Waals surface area contributed by atoms with Gasteiger partial charge in [0.15, 0.2) is 0 Å². The lowest BCUT2D eigenvalue weighted by Crippen LogP contribution is -2.41. The first-order chi connectivity index (χ1) is 9.41. The second kappa shape index (κ2) is 4.92. The Labute approximate surface area is 127 Å². The topological polar surface area (TPSA) is 47.9 Å². The summed E-state index contributed by atoms with van der Waals surface area (Å²) in [5.74, 6) is 0.746. The van der Waals surface area contributed by atoms with Crippen molar-refractivity contribution in [3.05, 3.63) is 18.2 Å². The maximum atomic E-state index is 9.72. The quantitative estimate of drug-likeness (QED) is 0.851. The van der Waals surface area contributed by atoms with E-state index in [0.717, 1.165) is 5.46 Å². The minimum atomic E-state index is -0.507. The van der Waals surface area contributed by atoms with Gasteiger partial charge in [0, 0.05) is 11.5 Å². The van der Waals surface area contributed by atoms with Gasteiger partial charge in [-0.2, -0.15) is 0 Å². The molecule has 21 heavy (non-hydrogen) atoms. The SMILES string of the molecule is CC(C)(C)Oc1cc(O)ccc1B1OC(C)(C)C(C)(C)O1. The van der Waals surface area contributed by atoms with E-state index in [2.05, 4.69) is 0 Å². The Bertz CT molecular complexity index is 516. The van der Waals surface area contributed by atoms with Crippen LogP contribution in [-0.4, -0.2) is 29.0 Å². The smallest absolute Gasteiger partial charge is 0.498 e. The van der Waals surface area contributed by atoms with Crippen LogP contribution < -0.4 is 10.2 Å². The van der Waals surface area contributed by atoms with Crippen LogP contribution in [0.2, 0.25) is 0 Å². The summed E-state index contributed by atoms with van der Waals surface area (Å²) < 4.78 is 18.1. The number of rotatable bonds is 2. The van der Waals surface area contributed by atoms with E-state index in [-0.39, 0.29) is 11.4 Å². The third-order valence-corrected chi connectivity index (χ3v) is 3.92. The molecule has 5 heteroatoms. The average molecular weight is 292 g/mol. The van der Waals surface area contributed by atoms with E-state index in [9.17, 15) is 5.11 Å². The molecule has 1 N–H and O–H groups in total. The first kappa shape index (κ1) is 16.2. The molecule has 1 aliphatic heterocycles. The van der Waals surface area contributed by atoms with Crippen molar-refractivity contribution < 1.29 is 19.2 Å². The van der Waals surface area contributed by atoms with Crippen LogP contribution in [0, 0.1) is 0 Å². The van der Waals surface area contributed by atoms with Gasteiger partial charge in [-0.25, -0.2) is 0 Å². The number of ether oxygens (including phenoxy) is 1. The second-order valence-electron chi connectivity index (χ2n) is 7.52. The van der Waals surface area contributed by atoms with Gasteiger partial charge in [-0.3, -0.25) is 0 Å². The Morgan fingerprint density at radius 3 is 2.05 bits per heavy atom. The third kappa shape index (κ3) is 3.35. The first-order valence-corrected chi connectivity index (χ1v) is 7.29. The normalized spacial score (nSPS) is 20.6. The van der Waals surface area contributed by atoms with Crippen molar-refractivity contribution in [2.75, 3.05) is 0 Å². The zero-order chi connectivity index (χ0) is 16.1. The van der Waals surface area contributed by atoms with E-state index in [0.29, 0.717) is 5.75 Å². The van der Waals surface area contributed by atoms with Crippen molar-refractivity contribution >= 4 is 12.6 Å². The molecule has 1 saturated heterocycles. The van der Waals surface area contributed by atoms with Crippen LogP contribution in [0.1, 0.15) is 48.5 Å². The van der Waals surface area contributed by atoms with Gasteiger partial charge in [-0.15, -0.1) is 0 Å². The fraction of sp³-hybridized carbons (Fsp3) is 0.625. The highest BCUT2D eigenvalue weighted by Gasteiger charge is 2.52. The highest BCUT2D eigenvalue weighted by atomic mass is 16.7. The molecule has 1 aliphatic rings. The highest BCUT2D eigenvalue weighted by Crippen LogP contribution is 2.37. The number of phenols is 1. The Kier molecular flexibility index (Phi) is 3.79. The Hall–Kier alpha value is -1.20. The predicted molar refractivity (Wildman–Crippen MR) is 84.2 cm³/mol. The minimum absolute atomic E-state index is 0.162. The third-order valence-electron chi connectivity index (χ3n) is 3.92. The molecule has 0 atom stereocenters. The fourth-order valence-electron chi connectivity index (χ4n) is 2.11. The molecule has 0 bridgehead atoms. The lowest BCUT2D eigenvalue weighted by Gasteiger charge is -2.32.